The number of benzene rings is 1. The fraction of sp³-hybridized carbons (Fsp3) is 0.417. The van der Waals surface area contributed by atoms with Crippen LogP contribution in [0.4, 0.5) is 0 Å². The summed E-state index contributed by atoms with van der Waals surface area (Å²) in [6.07, 6.45) is 1.76. The summed E-state index contributed by atoms with van der Waals surface area (Å²) >= 11 is 0. The van der Waals surface area contributed by atoms with Gasteiger partial charge in [0.05, 0.1) is 6.61 Å². The number of amides is 1. The number of nitrogens with two attached hydrogens (primary N) is 1. The first kappa shape index (κ1) is 11.1. The van der Waals surface area contributed by atoms with E-state index in [4.69, 9.17) is 10.6 Å². The largest absolute Gasteiger partial charge is 0.368 e. The van der Waals surface area contributed by atoms with Crippen LogP contribution in [0.2, 0.25) is 0 Å². The van der Waals surface area contributed by atoms with Gasteiger partial charge in [-0.1, -0.05) is 30.3 Å². The number of primary amides is 1. The van der Waals surface area contributed by atoms with Crippen LogP contribution in [0.25, 0.3) is 0 Å². The molecule has 1 aliphatic heterocycles. The number of nitrogens with zero attached hydrogens (tertiary/aromatic N) is 1. The standard InChI is InChI=1S/C12H16N2O2/c13-12(15)11-7-4-8-14(11)16-9-10-5-2-1-3-6-10/h1-3,5-6,11H,4,7-9H2,(H2,13,15). The maximum Gasteiger partial charge on any atom is 0.237 e. The third-order valence-corrected chi connectivity index (χ3v) is 2.77. The Labute approximate surface area is 94.9 Å². The van der Waals surface area contributed by atoms with Gasteiger partial charge >= 0.3 is 0 Å². The van der Waals surface area contributed by atoms with E-state index < -0.39 is 0 Å². The maximum absolute atomic E-state index is 11.1. The van der Waals surface area contributed by atoms with Gasteiger partial charge in [0.25, 0.3) is 0 Å². The van der Waals surface area contributed by atoms with Crippen LogP contribution in [0.15, 0.2) is 30.3 Å². The maximum atomic E-state index is 11.1. The molecule has 1 heterocycles. The highest BCUT2D eigenvalue weighted by Crippen LogP contribution is 2.18. The minimum Gasteiger partial charge on any atom is -0.368 e. The monoisotopic (exact) mass is 220 g/mol. The van der Waals surface area contributed by atoms with Crippen molar-refractivity contribution in [1.82, 2.24) is 5.06 Å². The number of hydroxylamine groups is 2. The Morgan fingerprint density at radius 3 is 2.88 bits per heavy atom. The quantitative estimate of drug-likeness (QED) is 0.825. The van der Waals surface area contributed by atoms with E-state index in [0.29, 0.717) is 6.61 Å². The van der Waals surface area contributed by atoms with E-state index in [9.17, 15) is 4.79 Å². The molecule has 1 amide bonds. The number of carbonyl (C=O) groups is 1. The Hall–Kier alpha value is -1.39. The number of carbonyl (C=O) groups excluding carboxylic acids is 1. The summed E-state index contributed by atoms with van der Waals surface area (Å²) in [5.41, 5.74) is 6.39. The second-order valence-corrected chi connectivity index (χ2v) is 3.96. The summed E-state index contributed by atoms with van der Waals surface area (Å²) in [6, 6.07) is 9.63. The second kappa shape index (κ2) is 5.09. The molecule has 0 aromatic heterocycles. The summed E-state index contributed by atoms with van der Waals surface area (Å²) < 4.78 is 0. The molecular formula is C12H16N2O2. The average molecular weight is 220 g/mol. The van der Waals surface area contributed by atoms with Crippen molar-refractivity contribution in [1.29, 1.82) is 0 Å². The fourth-order valence-electron chi connectivity index (χ4n) is 1.91. The van der Waals surface area contributed by atoms with Gasteiger partial charge in [-0.3, -0.25) is 9.63 Å². The lowest BCUT2D eigenvalue weighted by atomic mass is 10.2. The third-order valence-electron chi connectivity index (χ3n) is 2.77. The third kappa shape index (κ3) is 2.59. The molecule has 1 fully saturated rings. The highest BCUT2D eigenvalue weighted by molar-refractivity contribution is 5.79. The predicted molar refractivity (Wildman–Crippen MR) is 60.2 cm³/mol. The average Bonchev–Trinajstić information content (AvgIpc) is 2.76. The molecule has 0 spiro atoms. The van der Waals surface area contributed by atoms with Crippen LogP contribution in [0, 0.1) is 0 Å². The van der Waals surface area contributed by atoms with Crippen LogP contribution in [0.1, 0.15) is 18.4 Å². The number of hydrogen-bond acceptors (Lipinski definition) is 3. The van der Waals surface area contributed by atoms with Crippen molar-refractivity contribution in [2.45, 2.75) is 25.5 Å². The van der Waals surface area contributed by atoms with Crippen LogP contribution in [0.3, 0.4) is 0 Å². The van der Waals surface area contributed by atoms with Gasteiger partial charge in [0, 0.05) is 6.54 Å². The summed E-state index contributed by atoms with van der Waals surface area (Å²) in [7, 11) is 0. The second-order valence-electron chi connectivity index (χ2n) is 3.96. The Balaban J connectivity index is 1.88. The lowest BCUT2D eigenvalue weighted by molar-refractivity contribution is -0.182. The molecule has 1 aliphatic rings. The van der Waals surface area contributed by atoms with Gasteiger partial charge in [-0.15, -0.1) is 0 Å². The smallest absolute Gasteiger partial charge is 0.237 e. The van der Waals surface area contributed by atoms with E-state index in [1.165, 1.54) is 0 Å². The van der Waals surface area contributed by atoms with Gasteiger partial charge in [-0.25, -0.2) is 0 Å². The molecule has 1 saturated heterocycles. The molecule has 0 saturated carbocycles. The lowest BCUT2D eigenvalue weighted by Gasteiger charge is -2.21. The van der Waals surface area contributed by atoms with Crippen molar-refractivity contribution >= 4 is 5.91 Å². The highest BCUT2D eigenvalue weighted by atomic mass is 16.7. The minimum absolute atomic E-state index is 0.260. The SMILES string of the molecule is NC(=O)C1CCCN1OCc1ccccc1. The van der Waals surface area contributed by atoms with E-state index in [1.807, 2.05) is 30.3 Å². The normalized spacial score (nSPS) is 21.1. The number of hydrogen-bond donors (Lipinski definition) is 1. The predicted octanol–water partition coefficient (Wildman–Crippen LogP) is 1.07. The van der Waals surface area contributed by atoms with E-state index in [0.717, 1.165) is 24.9 Å². The van der Waals surface area contributed by atoms with Gasteiger partial charge in [0.2, 0.25) is 5.91 Å². The van der Waals surface area contributed by atoms with Crippen LogP contribution in [-0.2, 0) is 16.2 Å². The molecule has 4 nitrogen and oxygen atoms in total. The Bertz CT molecular complexity index is 353. The first-order valence-electron chi connectivity index (χ1n) is 5.50. The molecule has 2 N–H and O–H groups in total. The van der Waals surface area contributed by atoms with Gasteiger partial charge in [-0.2, -0.15) is 5.06 Å². The molecule has 0 radical (unpaired) electrons. The molecule has 16 heavy (non-hydrogen) atoms. The van der Waals surface area contributed by atoms with Crippen LogP contribution >= 0.6 is 0 Å². The van der Waals surface area contributed by atoms with Crippen molar-refractivity contribution in [3.8, 4) is 0 Å². The van der Waals surface area contributed by atoms with Gasteiger partial charge in [0.1, 0.15) is 6.04 Å². The van der Waals surface area contributed by atoms with Gasteiger partial charge in [0.15, 0.2) is 0 Å². The molecule has 1 aromatic rings. The van der Waals surface area contributed by atoms with Crippen molar-refractivity contribution in [3.05, 3.63) is 35.9 Å². The first-order chi connectivity index (χ1) is 7.77. The van der Waals surface area contributed by atoms with E-state index in [-0.39, 0.29) is 11.9 Å². The molecule has 1 aromatic carbocycles. The molecular weight excluding hydrogens is 204 g/mol. The van der Waals surface area contributed by atoms with Crippen molar-refractivity contribution in [2.75, 3.05) is 6.54 Å². The van der Waals surface area contributed by atoms with Crippen LogP contribution < -0.4 is 5.73 Å². The molecule has 4 heteroatoms. The Morgan fingerprint density at radius 1 is 1.44 bits per heavy atom. The van der Waals surface area contributed by atoms with Crippen molar-refractivity contribution < 1.29 is 9.63 Å². The van der Waals surface area contributed by atoms with Crippen molar-refractivity contribution in [2.24, 2.45) is 5.73 Å². The molecule has 0 aliphatic carbocycles. The zero-order chi connectivity index (χ0) is 11.4. The highest BCUT2D eigenvalue weighted by Gasteiger charge is 2.29. The summed E-state index contributed by atoms with van der Waals surface area (Å²) in [4.78, 5) is 16.7. The van der Waals surface area contributed by atoms with E-state index in [2.05, 4.69) is 0 Å². The summed E-state index contributed by atoms with van der Waals surface area (Å²) in [6.45, 7) is 1.27. The van der Waals surface area contributed by atoms with E-state index >= 15 is 0 Å². The Kier molecular flexibility index (Phi) is 3.54. The topological polar surface area (TPSA) is 55.6 Å². The van der Waals surface area contributed by atoms with Crippen molar-refractivity contribution in [3.63, 3.8) is 0 Å². The van der Waals surface area contributed by atoms with Crippen LogP contribution in [0.5, 0.6) is 0 Å². The Morgan fingerprint density at radius 2 is 2.19 bits per heavy atom. The zero-order valence-electron chi connectivity index (χ0n) is 9.13. The van der Waals surface area contributed by atoms with Gasteiger partial charge < -0.3 is 5.73 Å². The lowest BCUT2D eigenvalue weighted by Crippen LogP contribution is -2.40. The zero-order valence-corrected chi connectivity index (χ0v) is 9.13. The molecule has 1 unspecified atom stereocenters. The van der Waals surface area contributed by atoms with Gasteiger partial charge in [-0.05, 0) is 18.4 Å². The summed E-state index contributed by atoms with van der Waals surface area (Å²) in [5, 5.41) is 1.70. The molecule has 2 rings (SSSR count). The summed E-state index contributed by atoms with van der Waals surface area (Å²) in [5.74, 6) is -0.300. The fourth-order valence-corrected chi connectivity index (χ4v) is 1.91. The van der Waals surface area contributed by atoms with E-state index in [1.54, 1.807) is 5.06 Å². The minimum atomic E-state index is -0.300. The first-order valence-corrected chi connectivity index (χ1v) is 5.50. The molecule has 1 atom stereocenters. The molecule has 86 valence electrons. The molecule has 0 bridgehead atoms. The van der Waals surface area contributed by atoms with Crippen LogP contribution in [-0.4, -0.2) is 23.6 Å². The number of rotatable bonds is 4.